The largest absolute Gasteiger partial charge is 0.497 e. The first-order chi connectivity index (χ1) is 9.70. The Balaban J connectivity index is 2.11. The Morgan fingerprint density at radius 3 is 2.80 bits per heavy atom. The van der Waals surface area contributed by atoms with E-state index in [4.69, 9.17) is 4.74 Å². The zero-order valence-electron chi connectivity index (χ0n) is 12.4. The molecule has 2 rings (SSSR count). The maximum Gasteiger partial charge on any atom is 0.230 e. The maximum atomic E-state index is 12.7. The van der Waals surface area contributed by atoms with Crippen LogP contribution in [0.15, 0.2) is 24.3 Å². The predicted molar refractivity (Wildman–Crippen MR) is 81.1 cm³/mol. The lowest BCUT2D eigenvalue weighted by molar-refractivity contribution is -0.127. The second kappa shape index (κ2) is 6.75. The smallest absolute Gasteiger partial charge is 0.230 e. The summed E-state index contributed by atoms with van der Waals surface area (Å²) in [7, 11) is 1.63. The molecule has 1 aromatic rings. The fraction of sp³-hybridized carbons (Fsp3) is 0.562. The quantitative estimate of drug-likeness (QED) is 0.869. The van der Waals surface area contributed by atoms with Gasteiger partial charge in [0, 0.05) is 11.8 Å². The Hall–Kier alpha value is -1.55. The lowest BCUT2D eigenvalue weighted by Gasteiger charge is -2.36. The molecule has 1 aliphatic heterocycles. The third-order valence-corrected chi connectivity index (χ3v) is 4.10. The van der Waals surface area contributed by atoms with Crippen molar-refractivity contribution in [1.82, 2.24) is 5.32 Å². The van der Waals surface area contributed by atoms with Crippen LogP contribution in [0.25, 0.3) is 0 Å². The van der Waals surface area contributed by atoms with Crippen LogP contribution in [-0.4, -0.2) is 26.1 Å². The molecule has 0 spiro atoms. The molecule has 1 amide bonds. The van der Waals surface area contributed by atoms with Gasteiger partial charge in [-0.1, -0.05) is 19.4 Å². The van der Waals surface area contributed by atoms with E-state index >= 15 is 0 Å². The normalized spacial score (nSPS) is 17.5. The predicted octanol–water partition coefficient (Wildman–Crippen LogP) is 2.80. The van der Waals surface area contributed by atoms with E-state index < -0.39 is 0 Å². The van der Waals surface area contributed by atoms with Crippen molar-refractivity contribution in [1.29, 1.82) is 0 Å². The first kappa shape index (κ1) is 14.9. The Labute approximate surface area is 120 Å². The topological polar surface area (TPSA) is 50.4 Å². The van der Waals surface area contributed by atoms with Gasteiger partial charge in [0.1, 0.15) is 5.75 Å². The summed E-state index contributed by atoms with van der Waals surface area (Å²) in [5, 5.41) is 6.40. The van der Waals surface area contributed by atoms with Crippen molar-refractivity contribution in [3.8, 4) is 5.75 Å². The highest BCUT2D eigenvalue weighted by atomic mass is 16.5. The molecule has 0 aromatic heterocycles. The molecule has 20 heavy (non-hydrogen) atoms. The second-order valence-electron chi connectivity index (χ2n) is 5.47. The molecule has 4 heteroatoms. The summed E-state index contributed by atoms with van der Waals surface area (Å²) in [4.78, 5) is 12.7. The number of hydrogen-bond acceptors (Lipinski definition) is 3. The van der Waals surface area contributed by atoms with Crippen LogP contribution in [-0.2, 0) is 4.79 Å². The zero-order valence-corrected chi connectivity index (χ0v) is 12.4. The highest BCUT2D eigenvalue weighted by Crippen LogP contribution is 2.35. The summed E-state index contributed by atoms with van der Waals surface area (Å²) < 4.78 is 5.19. The lowest BCUT2D eigenvalue weighted by Crippen LogP contribution is -2.44. The van der Waals surface area contributed by atoms with E-state index in [0.717, 1.165) is 50.2 Å². The SMILES string of the molecule is CCCC1(C(=O)Nc2cccc(OC)c2)CCNCC1. The van der Waals surface area contributed by atoms with E-state index in [9.17, 15) is 4.79 Å². The molecule has 0 radical (unpaired) electrons. The van der Waals surface area contributed by atoms with Gasteiger partial charge in [-0.3, -0.25) is 4.79 Å². The molecule has 2 N–H and O–H groups in total. The van der Waals surface area contributed by atoms with Crippen LogP contribution < -0.4 is 15.4 Å². The van der Waals surface area contributed by atoms with Gasteiger partial charge in [-0.05, 0) is 44.5 Å². The first-order valence-electron chi connectivity index (χ1n) is 7.36. The number of methoxy groups -OCH3 is 1. The molecule has 0 bridgehead atoms. The number of rotatable bonds is 5. The molecule has 0 unspecified atom stereocenters. The number of piperidine rings is 1. The second-order valence-corrected chi connectivity index (χ2v) is 5.47. The van der Waals surface area contributed by atoms with Crippen molar-refractivity contribution >= 4 is 11.6 Å². The van der Waals surface area contributed by atoms with E-state index in [1.54, 1.807) is 7.11 Å². The third kappa shape index (κ3) is 3.31. The number of hydrogen-bond donors (Lipinski definition) is 2. The van der Waals surface area contributed by atoms with Gasteiger partial charge in [-0.2, -0.15) is 0 Å². The van der Waals surface area contributed by atoms with Crippen molar-refractivity contribution in [2.45, 2.75) is 32.6 Å². The van der Waals surface area contributed by atoms with Gasteiger partial charge < -0.3 is 15.4 Å². The van der Waals surface area contributed by atoms with Gasteiger partial charge in [0.15, 0.2) is 0 Å². The maximum absolute atomic E-state index is 12.7. The highest BCUT2D eigenvalue weighted by Gasteiger charge is 2.38. The van der Waals surface area contributed by atoms with Crippen molar-refractivity contribution in [3.63, 3.8) is 0 Å². The highest BCUT2D eigenvalue weighted by molar-refractivity contribution is 5.95. The first-order valence-corrected chi connectivity index (χ1v) is 7.36. The molecular weight excluding hydrogens is 252 g/mol. The Morgan fingerprint density at radius 1 is 1.40 bits per heavy atom. The van der Waals surface area contributed by atoms with Gasteiger partial charge in [-0.25, -0.2) is 0 Å². The number of ether oxygens (including phenoxy) is 1. The van der Waals surface area contributed by atoms with Gasteiger partial charge >= 0.3 is 0 Å². The molecule has 1 saturated heterocycles. The average molecular weight is 276 g/mol. The Kier molecular flexibility index (Phi) is 5.01. The summed E-state index contributed by atoms with van der Waals surface area (Å²) >= 11 is 0. The van der Waals surface area contributed by atoms with E-state index in [2.05, 4.69) is 17.6 Å². The summed E-state index contributed by atoms with van der Waals surface area (Å²) in [5.41, 5.74) is 0.589. The standard InChI is InChI=1S/C16H24N2O2/c1-3-7-16(8-10-17-11-9-16)15(19)18-13-5-4-6-14(12-13)20-2/h4-6,12,17H,3,7-11H2,1-2H3,(H,18,19). The van der Waals surface area contributed by atoms with Crippen LogP contribution in [0.1, 0.15) is 32.6 Å². The molecule has 1 fully saturated rings. The third-order valence-electron chi connectivity index (χ3n) is 4.10. The molecule has 4 nitrogen and oxygen atoms in total. The van der Waals surface area contributed by atoms with Gasteiger partial charge in [0.05, 0.1) is 12.5 Å². The van der Waals surface area contributed by atoms with Crippen LogP contribution in [0, 0.1) is 5.41 Å². The summed E-state index contributed by atoms with van der Waals surface area (Å²) in [5.74, 6) is 0.909. The average Bonchev–Trinajstić information content (AvgIpc) is 2.48. The fourth-order valence-corrected chi connectivity index (χ4v) is 2.94. The molecule has 0 saturated carbocycles. The molecule has 110 valence electrons. The van der Waals surface area contributed by atoms with Gasteiger partial charge in [-0.15, -0.1) is 0 Å². The van der Waals surface area contributed by atoms with Crippen LogP contribution in [0.5, 0.6) is 5.75 Å². The minimum atomic E-state index is -0.219. The van der Waals surface area contributed by atoms with Crippen LogP contribution >= 0.6 is 0 Å². The molecule has 1 aliphatic rings. The minimum Gasteiger partial charge on any atom is -0.497 e. The number of amides is 1. The monoisotopic (exact) mass is 276 g/mol. The van der Waals surface area contributed by atoms with Gasteiger partial charge in [0.25, 0.3) is 0 Å². The number of carbonyl (C=O) groups excluding carboxylic acids is 1. The molecule has 0 atom stereocenters. The van der Waals surface area contributed by atoms with Crippen LogP contribution in [0.2, 0.25) is 0 Å². The van der Waals surface area contributed by atoms with E-state index in [1.807, 2.05) is 24.3 Å². The zero-order chi connectivity index (χ0) is 14.4. The van der Waals surface area contributed by atoms with Crippen molar-refractivity contribution in [2.24, 2.45) is 5.41 Å². The molecular formula is C16H24N2O2. The Bertz CT molecular complexity index is 448. The molecule has 1 heterocycles. The summed E-state index contributed by atoms with van der Waals surface area (Å²) in [6.45, 7) is 3.99. The van der Waals surface area contributed by atoms with Crippen molar-refractivity contribution in [2.75, 3.05) is 25.5 Å². The summed E-state index contributed by atoms with van der Waals surface area (Å²) in [6.07, 6.45) is 3.81. The number of nitrogens with one attached hydrogen (secondary N) is 2. The minimum absolute atomic E-state index is 0.147. The molecule has 0 aliphatic carbocycles. The van der Waals surface area contributed by atoms with E-state index in [-0.39, 0.29) is 11.3 Å². The molecule has 1 aromatic carbocycles. The Morgan fingerprint density at radius 2 is 2.15 bits per heavy atom. The number of benzene rings is 1. The van der Waals surface area contributed by atoms with Crippen LogP contribution in [0.3, 0.4) is 0 Å². The van der Waals surface area contributed by atoms with E-state index in [0.29, 0.717) is 0 Å². The van der Waals surface area contributed by atoms with Crippen LogP contribution in [0.4, 0.5) is 5.69 Å². The van der Waals surface area contributed by atoms with Crippen molar-refractivity contribution < 1.29 is 9.53 Å². The number of carbonyl (C=O) groups is 1. The van der Waals surface area contributed by atoms with Gasteiger partial charge in [0.2, 0.25) is 5.91 Å². The number of anilines is 1. The summed E-state index contributed by atoms with van der Waals surface area (Å²) in [6, 6.07) is 7.53. The van der Waals surface area contributed by atoms with E-state index in [1.165, 1.54) is 0 Å². The fourth-order valence-electron chi connectivity index (χ4n) is 2.94. The van der Waals surface area contributed by atoms with Crippen molar-refractivity contribution in [3.05, 3.63) is 24.3 Å². The lowest BCUT2D eigenvalue weighted by atomic mass is 9.74.